The van der Waals surface area contributed by atoms with Gasteiger partial charge in [0.15, 0.2) is 17.0 Å². The maximum absolute atomic E-state index is 5.49. The summed E-state index contributed by atoms with van der Waals surface area (Å²) in [5.41, 5.74) is 6.34. The van der Waals surface area contributed by atoms with Gasteiger partial charge in [-0.15, -0.1) is 0 Å². The van der Waals surface area contributed by atoms with Gasteiger partial charge in [0, 0.05) is 53.9 Å². The van der Waals surface area contributed by atoms with E-state index in [-0.39, 0.29) is 0 Å². The highest BCUT2D eigenvalue weighted by atomic mass is 16.5. The zero-order valence-corrected chi connectivity index (χ0v) is 21.7. The molecule has 40 heavy (non-hydrogen) atoms. The number of nitrogens with one attached hydrogen (secondary N) is 2. The van der Waals surface area contributed by atoms with E-state index in [1.165, 1.54) is 5.69 Å². The Morgan fingerprint density at radius 1 is 0.700 bits per heavy atom. The van der Waals surface area contributed by atoms with Crippen LogP contribution in [0.3, 0.4) is 0 Å². The predicted octanol–water partition coefficient (Wildman–Crippen LogP) is 5.33. The van der Waals surface area contributed by atoms with Crippen molar-refractivity contribution in [2.24, 2.45) is 0 Å². The number of morpholine rings is 1. The second-order valence-electron chi connectivity index (χ2n) is 9.43. The normalized spacial score (nSPS) is 13.4. The Bertz CT molecular complexity index is 1710. The molecule has 7 rings (SSSR count). The van der Waals surface area contributed by atoms with Crippen molar-refractivity contribution in [3.05, 3.63) is 104 Å². The van der Waals surface area contributed by atoms with Crippen LogP contribution in [-0.4, -0.2) is 55.4 Å². The van der Waals surface area contributed by atoms with Gasteiger partial charge in [0.2, 0.25) is 5.95 Å². The van der Waals surface area contributed by atoms with Gasteiger partial charge in [-0.25, -0.2) is 9.97 Å². The number of aromatic nitrogens is 6. The quantitative estimate of drug-likeness (QED) is 0.287. The average Bonchev–Trinajstić information content (AvgIpc) is 3.70. The van der Waals surface area contributed by atoms with Crippen molar-refractivity contribution in [3.63, 3.8) is 0 Å². The first kappa shape index (κ1) is 23.9. The number of hydrogen-bond donors (Lipinski definition) is 2. The summed E-state index contributed by atoms with van der Waals surface area (Å²) in [4.78, 5) is 20.8. The highest BCUT2D eigenvalue weighted by Crippen LogP contribution is 2.28. The van der Waals surface area contributed by atoms with Crippen LogP contribution in [0.1, 0.15) is 0 Å². The maximum Gasteiger partial charge on any atom is 0.231 e. The van der Waals surface area contributed by atoms with Crippen LogP contribution >= 0.6 is 0 Å². The Morgan fingerprint density at radius 2 is 1.43 bits per heavy atom. The van der Waals surface area contributed by atoms with Crippen LogP contribution < -0.4 is 15.5 Å². The molecule has 2 N–H and O–H groups in total. The summed E-state index contributed by atoms with van der Waals surface area (Å²) in [6, 6.07) is 26.4. The third kappa shape index (κ3) is 4.83. The van der Waals surface area contributed by atoms with Gasteiger partial charge in [-0.05, 0) is 60.7 Å². The first-order valence-electron chi connectivity index (χ1n) is 13.2. The van der Waals surface area contributed by atoms with Gasteiger partial charge in [0.25, 0.3) is 0 Å². The second-order valence-corrected chi connectivity index (χ2v) is 9.43. The van der Waals surface area contributed by atoms with Gasteiger partial charge < -0.3 is 24.8 Å². The standard InChI is InChI=1S/C30H27N9O/c1-2-4-26(5-3-1)39-21-32-27-28(33-22-6-10-24(11-7-22)37-16-18-40-19-17-37)35-30(36-29(27)39)34-23-8-12-25(13-9-23)38-15-14-31-20-38/h1-15,20-21H,16-19H2,(H2,33,34,35,36). The molecule has 0 atom stereocenters. The first-order valence-corrected chi connectivity index (χ1v) is 13.2. The van der Waals surface area contributed by atoms with Gasteiger partial charge in [-0.1, -0.05) is 18.2 Å². The summed E-state index contributed by atoms with van der Waals surface area (Å²) in [7, 11) is 0. The van der Waals surface area contributed by atoms with Crippen LogP contribution in [0.15, 0.2) is 104 Å². The van der Waals surface area contributed by atoms with Crippen molar-refractivity contribution in [2.45, 2.75) is 0 Å². The number of hydrogen-bond acceptors (Lipinski definition) is 8. The molecule has 0 saturated carbocycles. The summed E-state index contributed by atoms with van der Waals surface area (Å²) in [6.07, 6.45) is 7.23. The van der Waals surface area contributed by atoms with E-state index in [1.807, 2.05) is 69.9 Å². The molecule has 4 heterocycles. The highest BCUT2D eigenvalue weighted by Gasteiger charge is 2.16. The zero-order valence-electron chi connectivity index (χ0n) is 21.7. The number of ether oxygens (including phenoxy) is 1. The van der Waals surface area contributed by atoms with Crippen molar-refractivity contribution >= 4 is 40.0 Å². The van der Waals surface area contributed by atoms with Crippen LogP contribution in [0.2, 0.25) is 0 Å². The molecule has 3 aromatic carbocycles. The van der Waals surface area contributed by atoms with E-state index < -0.39 is 0 Å². The van der Waals surface area contributed by atoms with Gasteiger partial charge in [0.05, 0.1) is 19.5 Å². The fraction of sp³-hybridized carbons (Fsp3) is 0.133. The molecule has 0 aliphatic carbocycles. The lowest BCUT2D eigenvalue weighted by molar-refractivity contribution is 0.122. The van der Waals surface area contributed by atoms with Crippen LogP contribution in [0.25, 0.3) is 22.5 Å². The van der Waals surface area contributed by atoms with Crippen molar-refractivity contribution in [3.8, 4) is 11.4 Å². The Kier molecular flexibility index (Phi) is 6.27. The van der Waals surface area contributed by atoms with Crippen molar-refractivity contribution < 1.29 is 4.74 Å². The molecule has 3 aromatic heterocycles. The van der Waals surface area contributed by atoms with Crippen LogP contribution in [0.5, 0.6) is 0 Å². The summed E-state index contributed by atoms with van der Waals surface area (Å²) < 4.78 is 9.41. The monoisotopic (exact) mass is 529 g/mol. The molecule has 10 heteroatoms. The fourth-order valence-corrected chi connectivity index (χ4v) is 4.79. The number of nitrogens with zero attached hydrogens (tertiary/aromatic N) is 7. The molecule has 6 aromatic rings. The summed E-state index contributed by atoms with van der Waals surface area (Å²) in [5.74, 6) is 1.09. The smallest absolute Gasteiger partial charge is 0.231 e. The number of para-hydroxylation sites is 1. The van der Waals surface area contributed by atoms with Crippen LogP contribution in [0.4, 0.5) is 28.8 Å². The molecule has 0 radical (unpaired) electrons. The molecular formula is C30H27N9O. The third-order valence-corrected chi connectivity index (χ3v) is 6.86. The van der Waals surface area contributed by atoms with Crippen molar-refractivity contribution in [1.82, 2.24) is 29.1 Å². The second kappa shape index (κ2) is 10.5. The minimum Gasteiger partial charge on any atom is -0.378 e. The highest BCUT2D eigenvalue weighted by molar-refractivity contribution is 5.88. The van der Waals surface area contributed by atoms with Gasteiger partial charge in [0.1, 0.15) is 6.33 Å². The molecular weight excluding hydrogens is 502 g/mol. The molecule has 198 valence electrons. The molecule has 1 aliphatic rings. The Balaban J connectivity index is 1.22. The lowest BCUT2D eigenvalue weighted by Crippen LogP contribution is -2.36. The molecule has 0 amide bonds. The van der Waals surface area contributed by atoms with E-state index in [2.05, 4.69) is 49.8 Å². The van der Waals surface area contributed by atoms with E-state index in [1.54, 1.807) is 18.9 Å². The average molecular weight is 530 g/mol. The van der Waals surface area contributed by atoms with E-state index >= 15 is 0 Å². The summed E-state index contributed by atoms with van der Waals surface area (Å²) in [5, 5.41) is 6.84. The molecule has 0 bridgehead atoms. The summed E-state index contributed by atoms with van der Waals surface area (Å²) in [6.45, 7) is 3.30. The van der Waals surface area contributed by atoms with Gasteiger partial charge in [-0.3, -0.25) is 4.57 Å². The predicted molar refractivity (Wildman–Crippen MR) is 156 cm³/mol. The van der Waals surface area contributed by atoms with Crippen molar-refractivity contribution in [2.75, 3.05) is 41.8 Å². The van der Waals surface area contributed by atoms with Gasteiger partial charge in [-0.2, -0.15) is 9.97 Å². The van der Waals surface area contributed by atoms with E-state index in [0.717, 1.165) is 49.1 Å². The molecule has 10 nitrogen and oxygen atoms in total. The molecule has 1 aliphatic heterocycles. The van der Waals surface area contributed by atoms with Crippen LogP contribution in [0, 0.1) is 0 Å². The maximum atomic E-state index is 5.49. The SMILES string of the molecule is c1ccc(-n2cnc3c(Nc4ccc(N5CCOCC5)cc4)nc(Nc4ccc(-n5ccnc5)cc4)nc32)cc1. The van der Waals surface area contributed by atoms with E-state index in [0.29, 0.717) is 22.9 Å². The number of anilines is 5. The Morgan fingerprint density at radius 3 is 2.15 bits per heavy atom. The largest absolute Gasteiger partial charge is 0.378 e. The minimum absolute atomic E-state index is 0.466. The van der Waals surface area contributed by atoms with Gasteiger partial charge >= 0.3 is 0 Å². The lowest BCUT2D eigenvalue weighted by atomic mass is 10.2. The fourth-order valence-electron chi connectivity index (χ4n) is 4.79. The number of imidazole rings is 2. The molecule has 1 fully saturated rings. The van der Waals surface area contributed by atoms with Crippen molar-refractivity contribution in [1.29, 1.82) is 0 Å². The summed E-state index contributed by atoms with van der Waals surface area (Å²) >= 11 is 0. The lowest BCUT2D eigenvalue weighted by Gasteiger charge is -2.28. The third-order valence-electron chi connectivity index (χ3n) is 6.86. The van der Waals surface area contributed by atoms with E-state index in [4.69, 9.17) is 14.7 Å². The first-order chi connectivity index (χ1) is 19.8. The number of rotatable bonds is 7. The minimum atomic E-state index is 0.466. The Hall–Kier alpha value is -5.22. The molecule has 0 spiro atoms. The number of benzene rings is 3. The molecule has 1 saturated heterocycles. The Labute approximate surface area is 230 Å². The topological polar surface area (TPSA) is 98.0 Å². The number of fused-ring (bicyclic) bond motifs is 1. The van der Waals surface area contributed by atoms with E-state index in [9.17, 15) is 0 Å². The zero-order chi connectivity index (χ0) is 26.7. The van der Waals surface area contributed by atoms with Crippen LogP contribution in [-0.2, 0) is 4.74 Å². The molecule has 0 unspecified atom stereocenters.